The number of hydrogen-bond donors (Lipinski definition) is 0. The molecule has 42 heavy (non-hydrogen) atoms. The molecule has 0 N–H and O–H groups in total. The smallest absolute Gasteiger partial charge is 0.416 e. The third-order valence-electron chi connectivity index (χ3n) is 8.18. The Balaban J connectivity index is 1.35. The Morgan fingerprint density at radius 1 is 0.905 bits per heavy atom. The lowest BCUT2D eigenvalue weighted by molar-refractivity contribution is -0.137. The zero-order valence-corrected chi connectivity index (χ0v) is 24.6. The predicted molar refractivity (Wildman–Crippen MR) is 162 cm³/mol. The summed E-state index contributed by atoms with van der Waals surface area (Å²) in [5.74, 6) is 0. The van der Waals surface area contributed by atoms with E-state index in [-0.39, 0.29) is 11.5 Å². The number of nitrogens with zero attached hydrogens (tertiary/aromatic N) is 3. The van der Waals surface area contributed by atoms with Crippen LogP contribution in [-0.2, 0) is 19.3 Å². The molecule has 0 aliphatic carbocycles. The fourth-order valence-corrected chi connectivity index (χ4v) is 5.65. The fraction of sp³-hybridized carbons (Fsp3) is 0.324. The second-order valence-electron chi connectivity index (χ2n) is 11.3. The summed E-state index contributed by atoms with van der Waals surface area (Å²) >= 11 is 0. The maximum absolute atomic E-state index is 13.4. The van der Waals surface area contributed by atoms with Gasteiger partial charge in [0.25, 0.3) is 0 Å². The second kappa shape index (κ2) is 11.8. The van der Waals surface area contributed by atoms with Gasteiger partial charge in [0.1, 0.15) is 5.58 Å². The summed E-state index contributed by atoms with van der Waals surface area (Å²) in [6, 6.07) is 17.2. The number of alkyl halides is 3. The Morgan fingerprint density at radius 3 is 2.38 bits per heavy atom. The minimum atomic E-state index is -4.41. The number of aryl methyl sites for hydroxylation is 2. The lowest BCUT2D eigenvalue weighted by Crippen LogP contribution is -2.40. The molecule has 0 bridgehead atoms. The molecule has 2 aromatic heterocycles. The van der Waals surface area contributed by atoms with Gasteiger partial charge in [0.2, 0.25) is 0 Å². The molecule has 5 aromatic rings. The van der Waals surface area contributed by atoms with Crippen molar-refractivity contribution in [1.29, 1.82) is 0 Å². The van der Waals surface area contributed by atoms with Crippen molar-refractivity contribution in [2.45, 2.75) is 52.5 Å². The number of fused-ring (bicyclic) bond motifs is 2. The molecule has 0 saturated carbocycles. The van der Waals surface area contributed by atoms with E-state index in [4.69, 9.17) is 4.42 Å². The van der Waals surface area contributed by atoms with Gasteiger partial charge in [0, 0.05) is 48.5 Å². The second-order valence-corrected chi connectivity index (χ2v) is 11.3. The van der Waals surface area contributed by atoms with Gasteiger partial charge in [-0.15, -0.1) is 0 Å². The van der Waals surface area contributed by atoms with E-state index >= 15 is 0 Å². The molecule has 0 saturated heterocycles. The monoisotopic (exact) mass is 575 g/mol. The van der Waals surface area contributed by atoms with Gasteiger partial charge >= 0.3 is 6.18 Å². The van der Waals surface area contributed by atoms with Gasteiger partial charge < -0.3 is 13.9 Å². The zero-order valence-electron chi connectivity index (χ0n) is 24.6. The van der Waals surface area contributed by atoms with Gasteiger partial charge in [-0.2, -0.15) is 13.2 Å². The van der Waals surface area contributed by atoms with Crippen LogP contribution in [0.2, 0.25) is 0 Å². The molecular weight excluding hydrogens is 539 g/mol. The van der Waals surface area contributed by atoms with Crippen LogP contribution in [0.4, 0.5) is 13.2 Å². The Morgan fingerprint density at radius 2 is 1.64 bits per heavy atom. The number of para-hydroxylation sites is 1. The van der Waals surface area contributed by atoms with Gasteiger partial charge in [-0.25, -0.2) is 0 Å². The number of hydrogen-bond acceptors (Lipinski definition) is 4. The summed E-state index contributed by atoms with van der Waals surface area (Å²) in [5, 5.41) is 1.61. The Hall–Kier alpha value is -3.88. The first-order chi connectivity index (χ1) is 20.0. The molecule has 0 spiro atoms. The third kappa shape index (κ3) is 6.01. The Kier molecular flexibility index (Phi) is 8.30. The van der Waals surface area contributed by atoms with E-state index in [0.29, 0.717) is 35.3 Å². The molecule has 0 amide bonds. The molecule has 0 fully saturated rings. The quantitative estimate of drug-likeness (QED) is 0.181. The molecule has 1 atom stereocenters. The van der Waals surface area contributed by atoms with Crippen molar-refractivity contribution in [2.75, 3.05) is 20.6 Å². The Labute approximate surface area is 243 Å². The third-order valence-corrected chi connectivity index (χ3v) is 8.18. The van der Waals surface area contributed by atoms with Crippen molar-refractivity contribution in [1.82, 2.24) is 14.4 Å². The number of rotatable bonds is 9. The van der Waals surface area contributed by atoms with Gasteiger partial charge in [0.15, 0.2) is 5.43 Å². The number of halogens is 3. The fourth-order valence-electron chi connectivity index (χ4n) is 5.65. The minimum absolute atomic E-state index is 0.00462. The van der Waals surface area contributed by atoms with Crippen molar-refractivity contribution in [3.8, 4) is 5.69 Å². The molecule has 220 valence electrons. The summed E-state index contributed by atoms with van der Waals surface area (Å²) < 4.78 is 47.9. The van der Waals surface area contributed by atoms with Crippen LogP contribution in [0.15, 0.2) is 82.3 Å². The van der Waals surface area contributed by atoms with Crippen molar-refractivity contribution in [3.05, 3.63) is 111 Å². The highest BCUT2D eigenvalue weighted by molar-refractivity contribution is 5.85. The predicted octanol–water partition coefficient (Wildman–Crippen LogP) is 7.71. The Bertz CT molecular complexity index is 1790. The molecule has 1 unspecified atom stereocenters. The SMILES string of the molecule is CCC(CN(C)Cc1coc2cc(C)c(C)cc2c1=O)N(C)Cc1cn(-c2cccc(C(F)(F)F)c2)c2ccccc12. The summed E-state index contributed by atoms with van der Waals surface area (Å²) in [6.07, 6.45) is -0.00754. The molecule has 2 heterocycles. The van der Waals surface area contributed by atoms with Crippen molar-refractivity contribution < 1.29 is 17.6 Å². The standard InChI is InChI=1S/C34H36F3N3O2/c1-6-27(20-38(4)17-25-21-42-32-15-23(3)22(2)14-30(32)33(25)41)39(5)18-24-19-40(31-13-8-7-12-29(24)31)28-11-9-10-26(16-28)34(35,36)37/h7-16,19,21,27H,6,17-18,20H2,1-5H3. The summed E-state index contributed by atoms with van der Waals surface area (Å²) in [4.78, 5) is 17.6. The first-order valence-corrected chi connectivity index (χ1v) is 14.1. The molecule has 8 heteroatoms. The van der Waals surface area contributed by atoms with E-state index in [0.717, 1.165) is 46.6 Å². The van der Waals surface area contributed by atoms with E-state index in [9.17, 15) is 18.0 Å². The van der Waals surface area contributed by atoms with Crippen LogP contribution in [-0.4, -0.2) is 41.0 Å². The first-order valence-electron chi connectivity index (χ1n) is 14.1. The number of aromatic nitrogens is 1. The maximum atomic E-state index is 13.4. The summed E-state index contributed by atoms with van der Waals surface area (Å²) in [7, 11) is 4.06. The normalized spacial score (nSPS) is 13.1. The van der Waals surface area contributed by atoms with Gasteiger partial charge in [-0.05, 0) is 87.5 Å². The van der Waals surface area contributed by atoms with Crippen LogP contribution in [0.25, 0.3) is 27.6 Å². The highest BCUT2D eigenvalue weighted by atomic mass is 19.4. The van der Waals surface area contributed by atoms with E-state index in [1.165, 1.54) is 12.1 Å². The lowest BCUT2D eigenvalue weighted by Gasteiger charge is -2.31. The molecular formula is C34H36F3N3O2. The average molecular weight is 576 g/mol. The van der Waals surface area contributed by atoms with Crippen LogP contribution in [0.5, 0.6) is 0 Å². The van der Waals surface area contributed by atoms with Crippen LogP contribution in [0.3, 0.4) is 0 Å². The molecule has 0 radical (unpaired) electrons. The number of benzene rings is 3. The maximum Gasteiger partial charge on any atom is 0.416 e. The molecule has 5 rings (SSSR count). The van der Waals surface area contributed by atoms with Crippen molar-refractivity contribution in [2.24, 2.45) is 0 Å². The van der Waals surface area contributed by atoms with Crippen LogP contribution in [0.1, 0.15) is 41.2 Å². The van der Waals surface area contributed by atoms with Crippen LogP contribution >= 0.6 is 0 Å². The van der Waals surface area contributed by atoms with Crippen LogP contribution in [0, 0.1) is 13.8 Å². The van der Waals surface area contributed by atoms with E-state index in [2.05, 4.69) is 23.8 Å². The van der Waals surface area contributed by atoms with Gasteiger partial charge in [-0.3, -0.25) is 9.69 Å². The van der Waals surface area contributed by atoms with Crippen LogP contribution < -0.4 is 5.43 Å². The topological polar surface area (TPSA) is 41.6 Å². The van der Waals surface area contributed by atoms with Crippen molar-refractivity contribution in [3.63, 3.8) is 0 Å². The van der Waals surface area contributed by atoms with Gasteiger partial charge in [-0.1, -0.05) is 31.2 Å². The molecule has 3 aromatic carbocycles. The summed E-state index contributed by atoms with van der Waals surface area (Å²) in [5.41, 5.74) is 5.06. The highest BCUT2D eigenvalue weighted by Gasteiger charge is 2.30. The van der Waals surface area contributed by atoms with E-state index in [1.54, 1.807) is 12.3 Å². The lowest BCUT2D eigenvalue weighted by atomic mass is 10.1. The zero-order chi connectivity index (χ0) is 30.2. The van der Waals surface area contributed by atoms with Gasteiger partial charge in [0.05, 0.1) is 22.7 Å². The molecule has 0 aliphatic rings. The highest BCUT2D eigenvalue weighted by Crippen LogP contribution is 2.32. The van der Waals surface area contributed by atoms with E-state index < -0.39 is 11.7 Å². The summed E-state index contributed by atoms with van der Waals surface area (Å²) in [6.45, 7) is 7.94. The number of likely N-dealkylation sites (N-methyl/N-ethyl adjacent to an activating group) is 2. The first kappa shape index (κ1) is 29.6. The largest absolute Gasteiger partial charge is 0.464 e. The average Bonchev–Trinajstić information content (AvgIpc) is 3.32. The van der Waals surface area contributed by atoms with E-state index in [1.807, 2.05) is 68.1 Å². The molecule has 5 nitrogen and oxygen atoms in total. The van der Waals surface area contributed by atoms with Crippen molar-refractivity contribution >= 4 is 21.9 Å². The minimum Gasteiger partial charge on any atom is -0.464 e. The molecule has 0 aliphatic heterocycles.